The summed E-state index contributed by atoms with van der Waals surface area (Å²) in [5, 5.41) is 9.09. The van der Waals surface area contributed by atoms with Crippen LogP contribution >= 0.6 is 11.8 Å². The average Bonchev–Trinajstić information content (AvgIpc) is 2.15. The van der Waals surface area contributed by atoms with E-state index in [9.17, 15) is 4.79 Å². The summed E-state index contributed by atoms with van der Waals surface area (Å²) in [7, 11) is 0. The highest BCUT2D eigenvalue weighted by Crippen LogP contribution is 2.16. The minimum atomic E-state index is 0.0363. The van der Waals surface area contributed by atoms with Crippen LogP contribution < -0.4 is 0 Å². The van der Waals surface area contributed by atoms with E-state index in [0.717, 1.165) is 11.1 Å². The molecule has 0 unspecified atom stereocenters. The second-order valence-electron chi connectivity index (χ2n) is 2.71. The van der Waals surface area contributed by atoms with Gasteiger partial charge in [0, 0.05) is 12.7 Å². The predicted octanol–water partition coefficient (Wildman–Crippen LogP) is 1.96. The molecule has 1 aromatic carbocycles. The van der Waals surface area contributed by atoms with Gasteiger partial charge < -0.3 is 5.11 Å². The van der Waals surface area contributed by atoms with Crippen molar-refractivity contribution in [2.45, 2.75) is 19.3 Å². The van der Waals surface area contributed by atoms with E-state index in [2.05, 4.69) is 0 Å². The van der Waals surface area contributed by atoms with Crippen LogP contribution in [0, 0.1) is 0 Å². The summed E-state index contributed by atoms with van der Waals surface area (Å²) < 4.78 is 0. The third-order valence-electron chi connectivity index (χ3n) is 1.72. The zero-order valence-electron chi connectivity index (χ0n) is 7.49. The smallest absolute Gasteiger partial charge is 0.186 e. The molecule has 0 saturated heterocycles. The molecule has 0 aliphatic heterocycles. The third kappa shape index (κ3) is 3.20. The molecule has 3 heteroatoms. The Labute approximate surface area is 82.0 Å². The summed E-state index contributed by atoms with van der Waals surface area (Å²) in [5.41, 5.74) is 1.93. The van der Waals surface area contributed by atoms with Gasteiger partial charge in [-0.15, -0.1) is 0 Å². The molecule has 0 aliphatic carbocycles. The standard InChI is InChI=1S/C10H12O2S/c1-8(12)13-7-10-5-3-2-4-9(10)6-11/h2-5,11H,6-7H2,1H3. The minimum absolute atomic E-state index is 0.0363. The SMILES string of the molecule is CC(=O)SCc1ccccc1CO. The normalized spacial score (nSPS) is 10.0. The van der Waals surface area contributed by atoms with Gasteiger partial charge in [0.1, 0.15) is 0 Å². The molecule has 0 amide bonds. The number of benzene rings is 1. The topological polar surface area (TPSA) is 37.3 Å². The van der Waals surface area contributed by atoms with Gasteiger partial charge in [0.2, 0.25) is 0 Å². The van der Waals surface area contributed by atoms with E-state index in [1.54, 1.807) is 6.92 Å². The van der Waals surface area contributed by atoms with E-state index in [4.69, 9.17) is 5.11 Å². The first-order valence-corrected chi connectivity index (χ1v) is 5.03. The maximum atomic E-state index is 10.7. The van der Waals surface area contributed by atoms with Crippen LogP contribution in [0.15, 0.2) is 24.3 Å². The number of aliphatic hydroxyl groups excluding tert-OH is 1. The average molecular weight is 196 g/mol. The van der Waals surface area contributed by atoms with Gasteiger partial charge in [0.25, 0.3) is 0 Å². The number of thioether (sulfide) groups is 1. The van der Waals surface area contributed by atoms with Crippen LogP contribution in [-0.4, -0.2) is 10.2 Å². The van der Waals surface area contributed by atoms with E-state index in [1.807, 2.05) is 24.3 Å². The zero-order chi connectivity index (χ0) is 9.68. The van der Waals surface area contributed by atoms with Crippen molar-refractivity contribution in [3.05, 3.63) is 35.4 Å². The van der Waals surface area contributed by atoms with Gasteiger partial charge in [-0.25, -0.2) is 0 Å². The van der Waals surface area contributed by atoms with Crippen molar-refractivity contribution >= 4 is 16.9 Å². The first-order valence-electron chi connectivity index (χ1n) is 4.05. The van der Waals surface area contributed by atoms with Crippen LogP contribution in [0.4, 0.5) is 0 Å². The fourth-order valence-corrected chi connectivity index (χ4v) is 1.67. The second kappa shape index (κ2) is 5.04. The monoisotopic (exact) mass is 196 g/mol. The quantitative estimate of drug-likeness (QED) is 0.803. The molecule has 0 heterocycles. The number of carbonyl (C=O) groups excluding carboxylic acids is 1. The van der Waals surface area contributed by atoms with Crippen LogP contribution in [0.25, 0.3) is 0 Å². The number of hydrogen-bond donors (Lipinski definition) is 1. The molecule has 70 valence electrons. The zero-order valence-corrected chi connectivity index (χ0v) is 8.30. The summed E-state index contributed by atoms with van der Waals surface area (Å²) in [4.78, 5) is 10.7. The molecule has 0 fully saturated rings. The Hall–Kier alpha value is -0.800. The molecular weight excluding hydrogens is 184 g/mol. The lowest BCUT2D eigenvalue weighted by Crippen LogP contribution is -1.93. The molecule has 2 nitrogen and oxygen atoms in total. The number of hydrogen-bond acceptors (Lipinski definition) is 3. The van der Waals surface area contributed by atoms with Crippen LogP contribution in [0.1, 0.15) is 18.1 Å². The van der Waals surface area contributed by atoms with Gasteiger partial charge in [0.15, 0.2) is 5.12 Å². The Kier molecular flexibility index (Phi) is 3.99. The highest BCUT2D eigenvalue weighted by atomic mass is 32.2. The van der Waals surface area contributed by atoms with Crippen molar-refractivity contribution in [2.75, 3.05) is 0 Å². The van der Waals surface area contributed by atoms with Crippen molar-refractivity contribution in [3.63, 3.8) is 0 Å². The molecule has 0 aromatic heterocycles. The molecule has 1 aromatic rings. The van der Waals surface area contributed by atoms with Crippen molar-refractivity contribution in [1.82, 2.24) is 0 Å². The van der Waals surface area contributed by atoms with Crippen molar-refractivity contribution < 1.29 is 9.90 Å². The molecular formula is C10H12O2S. The molecule has 0 aliphatic rings. The van der Waals surface area contributed by atoms with E-state index < -0.39 is 0 Å². The van der Waals surface area contributed by atoms with Gasteiger partial charge in [-0.3, -0.25) is 4.79 Å². The second-order valence-corrected chi connectivity index (χ2v) is 3.86. The molecule has 0 bridgehead atoms. The lowest BCUT2D eigenvalue weighted by atomic mass is 10.1. The molecule has 0 radical (unpaired) electrons. The highest BCUT2D eigenvalue weighted by Gasteiger charge is 2.01. The summed E-state index contributed by atoms with van der Waals surface area (Å²) in [6.45, 7) is 1.58. The third-order valence-corrected chi connectivity index (χ3v) is 2.58. The van der Waals surface area contributed by atoms with Crippen molar-refractivity contribution in [1.29, 1.82) is 0 Å². The maximum absolute atomic E-state index is 10.7. The van der Waals surface area contributed by atoms with Gasteiger partial charge in [-0.2, -0.15) is 0 Å². The summed E-state index contributed by atoms with van der Waals surface area (Å²) in [6.07, 6.45) is 0. The molecule has 0 atom stereocenters. The number of carbonyl (C=O) groups is 1. The molecule has 13 heavy (non-hydrogen) atoms. The fraction of sp³-hybridized carbons (Fsp3) is 0.300. The number of rotatable bonds is 3. The van der Waals surface area contributed by atoms with Crippen LogP contribution in [0.5, 0.6) is 0 Å². The van der Waals surface area contributed by atoms with Gasteiger partial charge >= 0.3 is 0 Å². The molecule has 1 rings (SSSR count). The van der Waals surface area contributed by atoms with Crippen LogP contribution in [0.3, 0.4) is 0 Å². The predicted molar refractivity (Wildman–Crippen MR) is 54.3 cm³/mol. The summed E-state index contributed by atoms with van der Waals surface area (Å²) in [5.74, 6) is 0.645. The van der Waals surface area contributed by atoms with E-state index >= 15 is 0 Å². The Morgan fingerprint density at radius 2 is 2.00 bits per heavy atom. The fourth-order valence-electron chi connectivity index (χ4n) is 1.03. The van der Waals surface area contributed by atoms with Crippen molar-refractivity contribution in [2.24, 2.45) is 0 Å². The minimum Gasteiger partial charge on any atom is -0.392 e. The Bertz CT molecular complexity index is 297. The summed E-state index contributed by atoms with van der Waals surface area (Å²) >= 11 is 1.26. The molecule has 0 saturated carbocycles. The maximum Gasteiger partial charge on any atom is 0.186 e. The molecule has 0 spiro atoms. The largest absolute Gasteiger partial charge is 0.392 e. The van der Waals surface area contributed by atoms with E-state index in [1.165, 1.54) is 11.8 Å². The van der Waals surface area contributed by atoms with Gasteiger partial charge in [-0.1, -0.05) is 36.0 Å². The van der Waals surface area contributed by atoms with Crippen LogP contribution in [-0.2, 0) is 17.2 Å². The highest BCUT2D eigenvalue weighted by molar-refractivity contribution is 8.12. The lowest BCUT2D eigenvalue weighted by Gasteiger charge is -2.04. The van der Waals surface area contributed by atoms with Crippen molar-refractivity contribution in [3.8, 4) is 0 Å². The van der Waals surface area contributed by atoms with Gasteiger partial charge in [0.05, 0.1) is 6.61 Å². The van der Waals surface area contributed by atoms with E-state index in [0.29, 0.717) is 5.75 Å². The Morgan fingerprint density at radius 1 is 1.38 bits per heavy atom. The lowest BCUT2D eigenvalue weighted by molar-refractivity contribution is -0.109. The summed E-state index contributed by atoms with van der Waals surface area (Å²) in [6, 6.07) is 7.60. The number of aliphatic hydroxyl groups is 1. The van der Waals surface area contributed by atoms with Gasteiger partial charge in [-0.05, 0) is 11.1 Å². The van der Waals surface area contributed by atoms with E-state index in [-0.39, 0.29) is 11.7 Å². The van der Waals surface area contributed by atoms with Crippen LogP contribution in [0.2, 0.25) is 0 Å². The Morgan fingerprint density at radius 3 is 2.54 bits per heavy atom. The first kappa shape index (κ1) is 10.3. The first-order chi connectivity index (χ1) is 6.24. The Balaban J connectivity index is 2.69. The molecule has 1 N–H and O–H groups in total.